The molecule has 2 fully saturated rings. The lowest BCUT2D eigenvalue weighted by atomic mass is 9.58. The zero-order chi connectivity index (χ0) is 19.4. The van der Waals surface area contributed by atoms with E-state index in [2.05, 4.69) is 0 Å². The second kappa shape index (κ2) is 8.40. The summed E-state index contributed by atoms with van der Waals surface area (Å²) in [7, 11) is 1.58. The van der Waals surface area contributed by atoms with Crippen LogP contribution in [-0.4, -0.2) is 60.7 Å². The molecule has 2 unspecified atom stereocenters. The SMILES string of the molecule is CCOC1CC(O)C12CCN(C(=O)CCC(=O)c1ccc(OC)cc1)CC2. The maximum Gasteiger partial charge on any atom is 0.223 e. The van der Waals surface area contributed by atoms with Gasteiger partial charge in [-0.2, -0.15) is 0 Å². The van der Waals surface area contributed by atoms with Crippen LogP contribution >= 0.6 is 0 Å². The number of carbonyl (C=O) groups excluding carboxylic acids is 2. The number of carbonyl (C=O) groups is 2. The van der Waals surface area contributed by atoms with Crippen LogP contribution in [0.25, 0.3) is 0 Å². The van der Waals surface area contributed by atoms with E-state index in [1.54, 1.807) is 31.4 Å². The molecule has 6 nitrogen and oxygen atoms in total. The summed E-state index contributed by atoms with van der Waals surface area (Å²) in [5.41, 5.74) is 0.407. The molecule has 1 amide bonds. The van der Waals surface area contributed by atoms with Crippen molar-refractivity contribution in [1.29, 1.82) is 0 Å². The minimum Gasteiger partial charge on any atom is -0.497 e. The Morgan fingerprint density at radius 1 is 1.19 bits per heavy atom. The van der Waals surface area contributed by atoms with E-state index in [9.17, 15) is 14.7 Å². The Labute approximate surface area is 160 Å². The number of Topliss-reactive ketones (excluding diaryl/α,β-unsaturated/α-hetero) is 1. The number of ether oxygens (including phenoxy) is 2. The summed E-state index contributed by atoms with van der Waals surface area (Å²) in [5.74, 6) is 0.673. The van der Waals surface area contributed by atoms with Gasteiger partial charge in [-0.05, 0) is 44.0 Å². The van der Waals surface area contributed by atoms with Crippen molar-refractivity contribution in [3.63, 3.8) is 0 Å². The van der Waals surface area contributed by atoms with Crippen LogP contribution in [0, 0.1) is 5.41 Å². The van der Waals surface area contributed by atoms with E-state index in [1.165, 1.54) is 0 Å². The number of aliphatic hydroxyl groups excluding tert-OH is 1. The molecule has 1 saturated heterocycles. The van der Waals surface area contributed by atoms with Crippen LogP contribution in [0.1, 0.15) is 49.4 Å². The number of hydrogen-bond donors (Lipinski definition) is 1. The standard InChI is InChI=1S/C21H29NO5/c1-3-27-19-14-18(24)21(19)10-12-22(13-11-21)20(25)9-8-17(23)15-4-6-16(26-2)7-5-15/h4-7,18-19,24H,3,8-14H2,1-2H3. The summed E-state index contributed by atoms with van der Waals surface area (Å²) in [6.45, 7) is 3.86. The predicted octanol–water partition coefficient (Wildman–Crippen LogP) is 2.44. The van der Waals surface area contributed by atoms with Gasteiger partial charge in [0.05, 0.1) is 19.3 Å². The zero-order valence-electron chi connectivity index (χ0n) is 16.1. The molecule has 148 valence electrons. The van der Waals surface area contributed by atoms with Gasteiger partial charge in [-0.3, -0.25) is 9.59 Å². The van der Waals surface area contributed by atoms with Gasteiger partial charge in [0.2, 0.25) is 5.91 Å². The highest BCUT2D eigenvalue weighted by Gasteiger charge is 2.56. The highest BCUT2D eigenvalue weighted by atomic mass is 16.5. The molecule has 2 aliphatic rings. The van der Waals surface area contributed by atoms with Crippen molar-refractivity contribution < 1.29 is 24.2 Å². The lowest BCUT2D eigenvalue weighted by Crippen LogP contribution is -2.62. The molecule has 0 radical (unpaired) electrons. The molecule has 1 aromatic carbocycles. The Morgan fingerprint density at radius 2 is 1.85 bits per heavy atom. The molecule has 2 atom stereocenters. The van der Waals surface area contributed by atoms with E-state index in [4.69, 9.17) is 9.47 Å². The quantitative estimate of drug-likeness (QED) is 0.741. The van der Waals surface area contributed by atoms with Crippen molar-refractivity contribution in [1.82, 2.24) is 4.90 Å². The maximum absolute atomic E-state index is 12.5. The first-order valence-corrected chi connectivity index (χ1v) is 9.75. The van der Waals surface area contributed by atoms with Crippen LogP contribution in [0.3, 0.4) is 0 Å². The Hall–Kier alpha value is -1.92. The maximum atomic E-state index is 12.5. The van der Waals surface area contributed by atoms with E-state index in [-0.39, 0.29) is 42.2 Å². The van der Waals surface area contributed by atoms with Crippen molar-refractivity contribution in [3.05, 3.63) is 29.8 Å². The molecule has 6 heteroatoms. The molecule has 1 aliphatic carbocycles. The minimum absolute atomic E-state index is 0.00786. The second-order valence-electron chi connectivity index (χ2n) is 7.46. The monoisotopic (exact) mass is 375 g/mol. The molecule has 1 N–H and O–H groups in total. The van der Waals surface area contributed by atoms with E-state index < -0.39 is 0 Å². The van der Waals surface area contributed by atoms with Gasteiger partial charge in [-0.1, -0.05) is 0 Å². The summed E-state index contributed by atoms with van der Waals surface area (Å²) >= 11 is 0. The second-order valence-corrected chi connectivity index (χ2v) is 7.46. The third-order valence-electron chi connectivity index (χ3n) is 6.14. The van der Waals surface area contributed by atoms with Gasteiger partial charge >= 0.3 is 0 Å². The average molecular weight is 375 g/mol. The number of hydrogen-bond acceptors (Lipinski definition) is 5. The summed E-state index contributed by atoms with van der Waals surface area (Å²) in [4.78, 5) is 26.6. The van der Waals surface area contributed by atoms with Crippen molar-refractivity contribution in [2.24, 2.45) is 5.41 Å². The topological polar surface area (TPSA) is 76.1 Å². The lowest BCUT2D eigenvalue weighted by Gasteiger charge is -2.56. The van der Waals surface area contributed by atoms with Gasteiger partial charge in [0, 0.05) is 49.9 Å². The van der Waals surface area contributed by atoms with Gasteiger partial charge in [-0.15, -0.1) is 0 Å². The van der Waals surface area contributed by atoms with E-state index in [1.807, 2.05) is 11.8 Å². The van der Waals surface area contributed by atoms with Gasteiger partial charge in [-0.25, -0.2) is 0 Å². The molecule has 3 rings (SSSR count). The zero-order valence-corrected chi connectivity index (χ0v) is 16.1. The number of aliphatic hydroxyl groups is 1. The number of ketones is 1. The number of piperidine rings is 1. The molecule has 27 heavy (non-hydrogen) atoms. The van der Waals surface area contributed by atoms with Crippen molar-refractivity contribution in [2.45, 2.75) is 51.2 Å². The number of rotatable bonds is 7. The third-order valence-corrected chi connectivity index (χ3v) is 6.14. The van der Waals surface area contributed by atoms with Crippen LogP contribution in [0.5, 0.6) is 5.75 Å². The fourth-order valence-corrected chi connectivity index (χ4v) is 4.29. The normalized spacial score (nSPS) is 23.7. The molecule has 1 saturated carbocycles. The number of likely N-dealkylation sites (tertiary alicyclic amines) is 1. The number of benzene rings is 1. The van der Waals surface area contributed by atoms with Crippen LogP contribution in [0.2, 0.25) is 0 Å². The smallest absolute Gasteiger partial charge is 0.223 e. The van der Waals surface area contributed by atoms with Crippen LogP contribution < -0.4 is 4.74 Å². The molecule has 1 aliphatic heterocycles. The third kappa shape index (κ3) is 4.01. The number of amides is 1. The first kappa shape index (κ1) is 19.8. The molecule has 0 aromatic heterocycles. The van der Waals surface area contributed by atoms with Crippen LogP contribution in [0.15, 0.2) is 24.3 Å². The average Bonchev–Trinajstić information content (AvgIpc) is 2.71. The van der Waals surface area contributed by atoms with Crippen LogP contribution in [0.4, 0.5) is 0 Å². The van der Waals surface area contributed by atoms with Crippen molar-refractivity contribution >= 4 is 11.7 Å². The van der Waals surface area contributed by atoms with Crippen molar-refractivity contribution in [2.75, 3.05) is 26.8 Å². The summed E-state index contributed by atoms with van der Waals surface area (Å²) < 4.78 is 10.9. The van der Waals surface area contributed by atoms with Gasteiger partial charge in [0.1, 0.15) is 5.75 Å². The Balaban J connectivity index is 1.47. The Morgan fingerprint density at radius 3 is 2.41 bits per heavy atom. The highest BCUT2D eigenvalue weighted by molar-refractivity contribution is 5.98. The Kier molecular flexibility index (Phi) is 6.17. The summed E-state index contributed by atoms with van der Waals surface area (Å²) in [6.07, 6.45) is 2.41. The molecular formula is C21H29NO5. The largest absolute Gasteiger partial charge is 0.497 e. The van der Waals surface area contributed by atoms with Crippen LogP contribution in [-0.2, 0) is 9.53 Å². The number of nitrogens with zero attached hydrogens (tertiary/aromatic N) is 1. The van der Waals surface area contributed by atoms with E-state index in [0.29, 0.717) is 37.4 Å². The molecule has 1 spiro atoms. The first-order valence-electron chi connectivity index (χ1n) is 9.75. The minimum atomic E-state index is -0.331. The predicted molar refractivity (Wildman–Crippen MR) is 101 cm³/mol. The number of methoxy groups -OCH3 is 1. The molecule has 0 bridgehead atoms. The fourth-order valence-electron chi connectivity index (χ4n) is 4.29. The summed E-state index contributed by atoms with van der Waals surface area (Å²) in [5, 5.41) is 10.2. The summed E-state index contributed by atoms with van der Waals surface area (Å²) in [6, 6.07) is 6.94. The van der Waals surface area contributed by atoms with Gasteiger partial charge < -0.3 is 19.5 Å². The fraction of sp³-hybridized carbons (Fsp3) is 0.619. The molecule has 1 aromatic rings. The van der Waals surface area contributed by atoms with Crippen molar-refractivity contribution in [3.8, 4) is 5.75 Å². The van der Waals surface area contributed by atoms with E-state index in [0.717, 1.165) is 12.8 Å². The van der Waals surface area contributed by atoms with Gasteiger partial charge in [0.15, 0.2) is 5.78 Å². The Bertz CT molecular complexity index is 662. The molecule has 1 heterocycles. The van der Waals surface area contributed by atoms with Gasteiger partial charge in [0.25, 0.3) is 0 Å². The first-order chi connectivity index (χ1) is 13.0. The van der Waals surface area contributed by atoms with E-state index >= 15 is 0 Å². The highest BCUT2D eigenvalue weighted by Crippen LogP contribution is 2.50. The molecular weight excluding hydrogens is 346 g/mol. The lowest BCUT2D eigenvalue weighted by molar-refractivity contribution is -0.210.